The highest BCUT2D eigenvalue weighted by molar-refractivity contribution is 5.45. The number of benzene rings is 1. The van der Waals surface area contributed by atoms with Crippen molar-refractivity contribution >= 4 is 0 Å². The first-order valence-corrected chi connectivity index (χ1v) is 7.48. The fourth-order valence-corrected chi connectivity index (χ4v) is 4.16. The summed E-state index contributed by atoms with van der Waals surface area (Å²) in [6.07, 6.45) is 5.53. The molecule has 3 nitrogen and oxygen atoms in total. The Labute approximate surface area is 114 Å². The van der Waals surface area contributed by atoms with Crippen molar-refractivity contribution in [2.45, 2.75) is 31.6 Å². The minimum absolute atomic E-state index is 0.504. The van der Waals surface area contributed by atoms with Gasteiger partial charge in [0.1, 0.15) is 13.2 Å². The van der Waals surface area contributed by atoms with Gasteiger partial charge in [0.05, 0.1) is 0 Å². The first kappa shape index (κ1) is 11.6. The summed E-state index contributed by atoms with van der Waals surface area (Å²) in [5.41, 5.74) is 1.93. The highest BCUT2D eigenvalue weighted by Crippen LogP contribution is 2.51. The average molecular weight is 259 g/mol. The lowest BCUT2D eigenvalue weighted by molar-refractivity contribution is 0.171. The van der Waals surface area contributed by atoms with Crippen LogP contribution in [0.1, 0.15) is 37.2 Å². The number of rotatable bonds is 1. The Kier molecular flexibility index (Phi) is 2.69. The van der Waals surface area contributed by atoms with Gasteiger partial charge in [0, 0.05) is 19.0 Å². The van der Waals surface area contributed by atoms with Crippen LogP contribution in [-0.4, -0.2) is 26.3 Å². The first-order chi connectivity index (χ1) is 9.37. The van der Waals surface area contributed by atoms with Crippen molar-refractivity contribution in [2.24, 2.45) is 5.41 Å². The van der Waals surface area contributed by atoms with Crippen LogP contribution in [0.4, 0.5) is 0 Å². The molecule has 1 unspecified atom stereocenters. The van der Waals surface area contributed by atoms with Crippen molar-refractivity contribution in [3.05, 3.63) is 23.8 Å². The maximum Gasteiger partial charge on any atom is 0.161 e. The van der Waals surface area contributed by atoms with E-state index in [-0.39, 0.29) is 0 Å². The number of hydrogen-bond donors (Lipinski definition) is 1. The Morgan fingerprint density at radius 1 is 1.05 bits per heavy atom. The van der Waals surface area contributed by atoms with Crippen LogP contribution in [0, 0.1) is 5.41 Å². The van der Waals surface area contributed by atoms with E-state index in [1.807, 2.05) is 0 Å². The minimum Gasteiger partial charge on any atom is -0.486 e. The molecule has 0 amide bonds. The molecule has 2 aliphatic heterocycles. The van der Waals surface area contributed by atoms with Crippen molar-refractivity contribution in [3.8, 4) is 11.5 Å². The highest BCUT2D eigenvalue weighted by Gasteiger charge is 2.45. The molecule has 1 aromatic rings. The molecule has 1 saturated carbocycles. The molecule has 0 aromatic heterocycles. The molecule has 19 heavy (non-hydrogen) atoms. The van der Waals surface area contributed by atoms with E-state index in [9.17, 15) is 0 Å². The smallest absolute Gasteiger partial charge is 0.161 e. The van der Waals surface area contributed by atoms with E-state index in [0.717, 1.165) is 18.0 Å². The molecule has 0 radical (unpaired) electrons. The molecule has 1 aromatic carbocycles. The van der Waals surface area contributed by atoms with Gasteiger partial charge in [-0.3, -0.25) is 0 Å². The minimum atomic E-state index is 0.504. The highest BCUT2D eigenvalue weighted by atomic mass is 16.6. The normalized spacial score (nSPS) is 27.9. The lowest BCUT2D eigenvalue weighted by Gasteiger charge is -2.31. The van der Waals surface area contributed by atoms with E-state index in [1.54, 1.807) is 0 Å². The van der Waals surface area contributed by atoms with Gasteiger partial charge in [-0.25, -0.2) is 0 Å². The molecule has 1 aliphatic carbocycles. The van der Waals surface area contributed by atoms with Crippen molar-refractivity contribution in [3.63, 3.8) is 0 Å². The summed E-state index contributed by atoms with van der Waals surface area (Å²) in [5.74, 6) is 2.48. The van der Waals surface area contributed by atoms with Crippen LogP contribution in [0.5, 0.6) is 11.5 Å². The van der Waals surface area contributed by atoms with Crippen molar-refractivity contribution < 1.29 is 9.47 Å². The largest absolute Gasteiger partial charge is 0.486 e. The first-order valence-electron chi connectivity index (χ1n) is 7.48. The molecule has 2 heterocycles. The van der Waals surface area contributed by atoms with Gasteiger partial charge in [-0.2, -0.15) is 0 Å². The summed E-state index contributed by atoms with van der Waals surface area (Å²) in [4.78, 5) is 0. The summed E-state index contributed by atoms with van der Waals surface area (Å²) < 4.78 is 11.3. The lowest BCUT2D eigenvalue weighted by atomic mass is 9.73. The molecular weight excluding hydrogens is 238 g/mol. The van der Waals surface area contributed by atoms with Crippen LogP contribution in [0.2, 0.25) is 0 Å². The predicted octanol–water partition coefficient (Wildman–Crippen LogP) is 2.71. The standard InChI is InChI=1S/C16H21NO2/c1-2-6-16(5-1)11-17-10-13(16)12-3-4-14-15(9-12)19-8-7-18-14/h3-4,9,13,17H,1-2,5-8,10-11H2. The van der Waals surface area contributed by atoms with Crippen LogP contribution in [-0.2, 0) is 0 Å². The fraction of sp³-hybridized carbons (Fsp3) is 0.625. The Morgan fingerprint density at radius 3 is 2.68 bits per heavy atom. The van der Waals surface area contributed by atoms with Gasteiger partial charge < -0.3 is 14.8 Å². The number of hydrogen-bond acceptors (Lipinski definition) is 3. The number of fused-ring (bicyclic) bond motifs is 1. The third-order valence-corrected chi connectivity index (χ3v) is 5.13. The predicted molar refractivity (Wildman–Crippen MR) is 73.9 cm³/mol. The molecular formula is C16H21NO2. The van der Waals surface area contributed by atoms with E-state index in [1.165, 1.54) is 37.8 Å². The van der Waals surface area contributed by atoms with Gasteiger partial charge in [0.25, 0.3) is 0 Å². The van der Waals surface area contributed by atoms with Crippen molar-refractivity contribution in [1.29, 1.82) is 0 Å². The molecule has 1 atom stereocenters. The van der Waals surface area contributed by atoms with E-state index in [0.29, 0.717) is 24.5 Å². The Balaban J connectivity index is 1.68. The molecule has 1 saturated heterocycles. The van der Waals surface area contributed by atoms with Gasteiger partial charge >= 0.3 is 0 Å². The molecule has 3 heteroatoms. The topological polar surface area (TPSA) is 30.5 Å². The van der Waals surface area contributed by atoms with E-state index < -0.39 is 0 Å². The second-order valence-corrected chi connectivity index (χ2v) is 6.16. The van der Waals surface area contributed by atoms with Crippen LogP contribution in [0.25, 0.3) is 0 Å². The van der Waals surface area contributed by atoms with Crippen LogP contribution >= 0.6 is 0 Å². The Bertz CT molecular complexity index is 474. The van der Waals surface area contributed by atoms with Gasteiger partial charge in [-0.15, -0.1) is 0 Å². The Hall–Kier alpha value is -1.22. The molecule has 102 valence electrons. The van der Waals surface area contributed by atoms with E-state index in [2.05, 4.69) is 23.5 Å². The second kappa shape index (κ2) is 4.41. The number of nitrogens with one attached hydrogen (secondary N) is 1. The quantitative estimate of drug-likeness (QED) is 0.841. The summed E-state index contributed by atoms with van der Waals surface area (Å²) in [5, 5.41) is 3.61. The summed E-state index contributed by atoms with van der Waals surface area (Å²) >= 11 is 0. The maximum atomic E-state index is 5.73. The van der Waals surface area contributed by atoms with Crippen molar-refractivity contribution in [1.82, 2.24) is 5.32 Å². The monoisotopic (exact) mass is 259 g/mol. The van der Waals surface area contributed by atoms with Gasteiger partial charge in [-0.05, 0) is 36.0 Å². The van der Waals surface area contributed by atoms with Crippen molar-refractivity contribution in [2.75, 3.05) is 26.3 Å². The van der Waals surface area contributed by atoms with Gasteiger partial charge in [0.15, 0.2) is 11.5 Å². The lowest BCUT2D eigenvalue weighted by Crippen LogP contribution is -2.25. The van der Waals surface area contributed by atoms with Crippen LogP contribution in [0.15, 0.2) is 18.2 Å². The number of ether oxygens (including phenoxy) is 2. The van der Waals surface area contributed by atoms with Gasteiger partial charge in [-0.1, -0.05) is 18.9 Å². The fourth-order valence-electron chi connectivity index (χ4n) is 4.16. The average Bonchev–Trinajstić information content (AvgIpc) is 3.09. The second-order valence-electron chi connectivity index (χ2n) is 6.16. The molecule has 4 rings (SSSR count). The zero-order chi connectivity index (χ0) is 12.7. The Morgan fingerprint density at radius 2 is 1.84 bits per heavy atom. The van der Waals surface area contributed by atoms with Crippen LogP contribution < -0.4 is 14.8 Å². The van der Waals surface area contributed by atoms with Crippen LogP contribution in [0.3, 0.4) is 0 Å². The third-order valence-electron chi connectivity index (χ3n) is 5.13. The molecule has 0 bridgehead atoms. The molecule has 2 fully saturated rings. The molecule has 3 aliphatic rings. The zero-order valence-corrected chi connectivity index (χ0v) is 11.3. The summed E-state index contributed by atoms with van der Waals surface area (Å²) in [7, 11) is 0. The van der Waals surface area contributed by atoms with Gasteiger partial charge in [0.2, 0.25) is 0 Å². The summed E-state index contributed by atoms with van der Waals surface area (Å²) in [6.45, 7) is 3.64. The van der Waals surface area contributed by atoms with E-state index >= 15 is 0 Å². The molecule has 1 spiro atoms. The third kappa shape index (κ3) is 1.83. The zero-order valence-electron chi connectivity index (χ0n) is 11.3. The maximum absolute atomic E-state index is 5.73. The SMILES string of the molecule is c1cc2c(cc1C1CNCC13CCCC3)OCCO2. The molecule has 1 N–H and O–H groups in total. The summed E-state index contributed by atoms with van der Waals surface area (Å²) in [6, 6.07) is 6.54. The van der Waals surface area contributed by atoms with E-state index in [4.69, 9.17) is 9.47 Å².